The van der Waals surface area contributed by atoms with Crippen LogP contribution in [0.25, 0.3) is 0 Å². The van der Waals surface area contributed by atoms with Crippen LogP contribution in [0.1, 0.15) is 24.2 Å². The van der Waals surface area contributed by atoms with E-state index in [-0.39, 0.29) is 11.9 Å². The molecule has 0 aromatic heterocycles. The molecule has 0 aliphatic carbocycles. The lowest BCUT2D eigenvalue weighted by molar-refractivity contribution is 0.0754. The number of fused-ring (bicyclic) bond motifs is 1. The number of hydrogen-bond donors (Lipinski definition) is 0. The molecule has 0 saturated carbocycles. The second-order valence-electron chi connectivity index (χ2n) is 4.37. The van der Waals surface area contributed by atoms with Gasteiger partial charge in [-0.05, 0) is 32.0 Å². The number of carbonyl (C=O) groups is 1. The molecule has 1 aliphatic heterocycles. The molecule has 0 N–H and O–H groups in total. The Morgan fingerprint density at radius 2 is 1.88 bits per heavy atom. The molecule has 1 aliphatic rings. The predicted octanol–water partition coefficient (Wildman–Crippen LogP) is 1.94. The molecule has 1 aromatic rings. The van der Waals surface area contributed by atoms with Crippen molar-refractivity contribution in [2.45, 2.75) is 19.9 Å². The Labute approximate surface area is 101 Å². The molecule has 0 fully saturated rings. The molecular weight excluding hydrogens is 218 g/mol. The molecule has 2 rings (SSSR count). The second-order valence-corrected chi connectivity index (χ2v) is 4.37. The van der Waals surface area contributed by atoms with Gasteiger partial charge in [-0.3, -0.25) is 4.79 Å². The molecule has 1 heterocycles. The zero-order valence-electron chi connectivity index (χ0n) is 10.4. The summed E-state index contributed by atoms with van der Waals surface area (Å²) >= 11 is 0. The Balaban J connectivity index is 2.25. The third kappa shape index (κ3) is 2.35. The average Bonchev–Trinajstić information content (AvgIpc) is 2.36. The highest BCUT2D eigenvalue weighted by atomic mass is 16.6. The number of ether oxygens (including phenoxy) is 2. The number of benzene rings is 1. The fraction of sp³-hybridized carbons (Fsp3) is 0.462. The Kier molecular flexibility index (Phi) is 3.22. The zero-order valence-corrected chi connectivity index (χ0v) is 10.4. The highest BCUT2D eigenvalue weighted by molar-refractivity contribution is 5.94. The van der Waals surface area contributed by atoms with Gasteiger partial charge in [0.25, 0.3) is 5.91 Å². The Morgan fingerprint density at radius 1 is 1.24 bits per heavy atom. The average molecular weight is 235 g/mol. The molecule has 0 unspecified atom stereocenters. The summed E-state index contributed by atoms with van der Waals surface area (Å²) in [6.07, 6.45) is 0. The molecule has 4 heteroatoms. The standard InChI is InChI=1S/C13H17NO3/c1-9(2)14(3)13(15)10-4-5-11-12(8-10)17-7-6-16-11/h4-5,8-9H,6-7H2,1-3H3. The van der Waals surface area contributed by atoms with E-state index >= 15 is 0 Å². The van der Waals surface area contributed by atoms with E-state index in [0.717, 1.165) is 0 Å². The Hall–Kier alpha value is -1.71. The highest BCUT2D eigenvalue weighted by Crippen LogP contribution is 2.31. The monoisotopic (exact) mass is 235 g/mol. The fourth-order valence-electron chi connectivity index (χ4n) is 1.61. The fourth-order valence-corrected chi connectivity index (χ4v) is 1.61. The van der Waals surface area contributed by atoms with Crippen LogP contribution < -0.4 is 9.47 Å². The Bertz CT molecular complexity index is 429. The van der Waals surface area contributed by atoms with Crippen molar-refractivity contribution < 1.29 is 14.3 Å². The summed E-state index contributed by atoms with van der Waals surface area (Å²) < 4.78 is 10.9. The van der Waals surface area contributed by atoms with Crippen LogP contribution in [-0.4, -0.2) is 37.1 Å². The number of nitrogens with zero attached hydrogens (tertiary/aromatic N) is 1. The van der Waals surface area contributed by atoms with Gasteiger partial charge in [-0.1, -0.05) is 0 Å². The van der Waals surface area contributed by atoms with Crippen LogP contribution >= 0.6 is 0 Å². The van der Waals surface area contributed by atoms with E-state index in [4.69, 9.17) is 9.47 Å². The first-order chi connectivity index (χ1) is 8.09. The van der Waals surface area contributed by atoms with Crippen molar-refractivity contribution in [3.8, 4) is 11.5 Å². The summed E-state index contributed by atoms with van der Waals surface area (Å²) in [6.45, 7) is 5.06. The van der Waals surface area contributed by atoms with E-state index < -0.39 is 0 Å². The quantitative estimate of drug-likeness (QED) is 0.786. The van der Waals surface area contributed by atoms with Gasteiger partial charge in [0.1, 0.15) is 13.2 Å². The van der Waals surface area contributed by atoms with Crippen molar-refractivity contribution in [1.82, 2.24) is 4.90 Å². The van der Waals surface area contributed by atoms with Gasteiger partial charge in [-0.2, -0.15) is 0 Å². The third-order valence-electron chi connectivity index (χ3n) is 2.88. The van der Waals surface area contributed by atoms with Crippen LogP contribution in [0.4, 0.5) is 0 Å². The van der Waals surface area contributed by atoms with E-state index in [2.05, 4.69) is 0 Å². The van der Waals surface area contributed by atoms with E-state index in [0.29, 0.717) is 30.3 Å². The van der Waals surface area contributed by atoms with E-state index in [1.54, 1.807) is 30.1 Å². The SMILES string of the molecule is CC(C)N(C)C(=O)c1ccc2c(c1)OCCO2. The molecular formula is C13H17NO3. The molecule has 0 atom stereocenters. The molecule has 1 aromatic carbocycles. The van der Waals surface area contributed by atoms with Gasteiger partial charge >= 0.3 is 0 Å². The van der Waals surface area contributed by atoms with Crippen LogP contribution in [0.5, 0.6) is 11.5 Å². The summed E-state index contributed by atoms with van der Waals surface area (Å²) in [7, 11) is 1.80. The number of amides is 1. The minimum Gasteiger partial charge on any atom is -0.486 e. The lowest BCUT2D eigenvalue weighted by Crippen LogP contribution is -2.33. The first kappa shape index (κ1) is 11.8. The molecule has 0 saturated heterocycles. The number of carbonyl (C=O) groups excluding carboxylic acids is 1. The highest BCUT2D eigenvalue weighted by Gasteiger charge is 2.18. The second kappa shape index (κ2) is 4.65. The van der Waals surface area contributed by atoms with Crippen molar-refractivity contribution >= 4 is 5.91 Å². The van der Waals surface area contributed by atoms with Gasteiger partial charge in [0.05, 0.1) is 0 Å². The minimum absolute atomic E-state index is 0.00280. The maximum Gasteiger partial charge on any atom is 0.253 e. The van der Waals surface area contributed by atoms with Gasteiger partial charge in [-0.15, -0.1) is 0 Å². The van der Waals surface area contributed by atoms with E-state index in [9.17, 15) is 4.79 Å². The van der Waals surface area contributed by atoms with Crippen molar-refractivity contribution in [1.29, 1.82) is 0 Å². The molecule has 92 valence electrons. The molecule has 1 amide bonds. The molecule has 0 bridgehead atoms. The van der Waals surface area contributed by atoms with E-state index in [1.807, 2.05) is 13.8 Å². The van der Waals surface area contributed by atoms with Gasteiger partial charge in [-0.25, -0.2) is 0 Å². The van der Waals surface area contributed by atoms with Gasteiger partial charge in [0.2, 0.25) is 0 Å². The predicted molar refractivity (Wildman–Crippen MR) is 64.7 cm³/mol. The van der Waals surface area contributed by atoms with E-state index in [1.165, 1.54) is 0 Å². The Morgan fingerprint density at radius 3 is 2.53 bits per heavy atom. The van der Waals surface area contributed by atoms with Gasteiger partial charge < -0.3 is 14.4 Å². The number of hydrogen-bond acceptors (Lipinski definition) is 3. The smallest absolute Gasteiger partial charge is 0.253 e. The molecule has 0 radical (unpaired) electrons. The summed E-state index contributed by atoms with van der Waals surface area (Å²) in [6, 6.07) is 5.48. The van der Waals surface area contributed by atoms with Crippen molar-refractivity contribution in [2.24, 2.45) is 0 Å². The first-order valence-corrected chi connectivity index (χ1v) is 5.76. The van der Waals surface area contributed by atoms with Crippen molar-refractivity contribution in [2.75, 3.05) is 20.3 Å². The largest absolute Gasteiger partial charge is 0.486 e. The van der Waals surface area contributed by atoms with Crippen molar-refractivity contribution in [3.05, 3.63) is 23.8 Å². The summed E-state index contributed by atoms with van der Waals surface area (Å²) in [5.41, 5.74) is 0.630. The van der Waals surface area contributed by atoms with Crippen LogP contribution in [0, 0.1) is 0 Å². The van der Waals surface area contributed by atoms with Crippen LogP contribution in [0.15, 0.2) is 18.2 Å². The topological polar surface area (TPSA) is 38.8 Å². The first-order valence-electron chi connectivity index (χ1n) is 5.76. The minimum atomic E-state index is -0.00280. The zero-order chi connectivity index (χ0) is 12.4. The molecule has 0 spiro atoms. The normalized spacial score (nSPS) is 13.6. The lowest BCUT2D eigenvalue weighted by atomic mass is 10.1. The van der Waals surface area contributed by atoms with Gasteiger partial charge in [0.15, 0.2) is 11.5 Å². The molecule has 17 heavy (non-hydrogen) atoms. The molecule has 4 nitrogen and oxygen atoms in total. The maximum absolute atomic E-state index is 12.1. The summed E-state index contributed by atoms with van der Waals surface area (Å²) in [5.74, 6) is 1.36. The van der Waals surface area contributed by atoms with Crippen LogP contribution in [-0.2, 0) is 0 Å². The number of rotatable bonds is 2. The third-order valence-corrected chi connectivity index (χ3v) is 2.88. The van der Waals surface area contributed by atoms with Crippen molar-refractivity contribution in [3.63, 3.8) is 0 Å². The van der Waals surface area contributed by atoms with Crippen LogP contribution in [0.3, 0.4) is 0 Å². The lowest BCUT2D eigenvalue weighted by Gasteiger charge is -2.23. The van der Waals surface area contributed by atoms with Crippen LogP contribution in [0.2, 0.25) is 0 Å². The summed E-state index contributed by atoms with van der Waals surface area (Å²) in [4.78, 5) is 13.8. The van der Waals surface area contributed by atoms with Gasteiger partial charge in [0, 0.05) is 18.7 Å². The maximum atomic E-state index is 12.1. The summed E-state index contributed by atoms with van der Waals surface area (Å²) in [5, 5.41) is 0.